The van der Waals surface area contributed by atoms with Crippen LogP contribution in [0.25, 0.3) is 11.3 Å². The molecule has 0 N–H and O–H groups in total. The zero-order chi connectivity index (χ0) is 16.4. The van der Waals surface area contributed by atoms with Crippen molar-refractivity contribution in [2.24, 2.45) is 0 Å². The molecule has 1 aliphatic heterocycles. The molecule has 1 aliphatic rings. The van der Waals surface area contributed by atoms with Gasteiger partial charge in [0.05, 0.1) is 5.69 Å². The van der Waals surface area contributed by atoms with Crippen LogP contribution < -0.4 is 0 Å². The lowest BCUT2D eigenvalue weighted by Crippen LogP contribution is -2.28. The topological polar surface area (TPSA) is 16.1 Å². The van der Waals surface area contributed by atoms with Crippen molar-refractivity contribution in [1.29, 1.82) is 0 Å². The summed E-state index contributed by atoms with van der Waals surface area (Å²) in [7, 11) is 0. The van der Waals surface area contributed by atoms with Crippen molar-refractivity contribution < 1.29 is 17.6 Å². The van der Waals surface area contributed by atoms with E-state index in [1.807, 2.05) is 0 Å². The quantitative estimate of drug-likeness (QED) is 0.732. The predicted octanol–water partition coefficient (Wildman–Crippen LogP) is 4.95. The SMILES string of the molecule is Fc1ccc(-c2nc(C(F)(F)F)sc2CN2CCCCC2)cc1. The number of rotatable bonds is 3. The Morgan fingerprint density at radius 2 is 1.70 bits per heavy atom. The summed E-state index contributed by atoms with van der Waals surface area (Å²) in [6.07, 6.45) is -1.16. The van der Waals surface area contributed by atoms with Crippen molar-refractivity contribution in [3.05, 3.63) is 40.0 Å². The van der Waals surface area contributed by atoms with Crippen LogP contribution in [0, 0.1) is 5.82 Å². The van der Waals surface area contributed by atoms with E-state index in [2.05, 4.69) is 9.88 Å². The number of nitrogens with zero attached hydrogens (tertiary/aromatic N) is 2. The fourth-order valence-electron chi connectivity index (χ4n) is 2.73. The van der Waals surface area contributed by atoms with E-state index < -0.39 is 17.0 Å². The molecule has 0 atom stereocenters. The molecule has 0 radical (unpaired) electrons. The molecule has 124 valence electrons. The molecule has 2 nitrogen and oxygen atoms in total. The van der Waals surface area contributed by atoms with Gasteiger partial charge in [0.2, 0.25) is 0 Å². The van der Waals surface area contributed by atoms with E-state index in [9.17, 15) is 17.6 Å². The van der Waals surface area contributed by atoms with Gasteiger partial charge in [-0.15, -0.1) is 11.3 Å². The number of thiazole rings is 1. The number of benzene rings is 1. The number of alkyl halides is 3. The average Bonchev–Trinajstić information content (AvgIpc) is 2.93. The number of likely N-dealkylation sites (tertiary alicyclic amines) is 1. The maximum absolute atomic E-state index is 13.1. The molecule has 1 saturated heterocycles. The number of aromatic nitrogens is 1. The molecular formula is C16H16F4N2S. The molecule has 0 bridgehead atoms. The van der Waals surface area contributed by atoms with Gasteiger partial charge in [-0.3, -0.25) is 4.90 Å². The van der Waals surface area contributed by atoms with E-state index in [0.29, 0.717) is 34.0 Å². The van der Waals surface area contributed by atoms with E-state index in [1.54, 1.807) is 0 Å². The number of hydrogen-bond acceptors (Lipinski definition) is 3. The molecule has 2 heterocycles. The van der Waals surface area contributed by atoms with E-state index in [4.69, 9.17) is 0 Å². The molecule has 0 spiro atoms. The van der Waals surface area contributed by atoms with Crippen LogP contribution in [0.3, 0.4) is 0 Å². The number of hydrogen-bond donors (Lipinski definition) is 0. The summed E-state index contributed by atoms with van der Waals surface area (Å²) >= 11 is 0.688. The zero-order valence-electron chi connectivity index (χ0n) is 12.4. The lowest BCUT2D eigenvalue weighted by Gasteiger charge is -2.26. The fourth-order valence-corrected chi connectivity index (χ4v) is 3.73. The largest absolute Gasteiger partial charge is 0.443 e. The molecule has 2 aromatic rings. The highest BCUT2D eigenvalue weighted by Crippen LogP contribution is 2.38. The standard InChI is InChI=1S/C16H16F4N2S/c17-12-6-4-11(5-7-12)14-13(10-22-8-2-1-3-9-22)23-15(21-14)16(18,19)20/h4-7H,1-3,8-10H2. The smallest absolute Gasteiger partial charge is 0.298 e. The summed E-state index contributed by atoms with van der Waals surface area (Å²) in [6, 6.07) is 5.44. The van der Waals surface area contributed by atoms with Crippen molar-refractivity contribution in [1.82, 2.24) is 9.88 Å². The van der Waals surface area contributed by atoms with Crippen molar-refractivity contribution in [3.63, 3.8) is 0 Å². The van der Waals surface area contributed by atoms with Crippen molar-refractivity contribution in [2.75, 3.05) is 13.1 Å². The van der Waals surface area contributed by atoms with Crippen LogP contribution in [-0.4, -0.2) is 23.0 Å². The third-order valence-corrected chi connectivity index (χ3v) is 4.96. The Morgan fingerprint density at radius 3 is 2.30 bits per heavy atom. The number of piperidine rings is 1. The second kappa shape index (κ2) is 6.57. The summed E-state index contributed by atoms with van der Waals surface area (Å²) in [5, 5.41) is -0.844. The maximum Gasteiger partial charge on any atom is 0.443 e. The molecule has 0 amide bonds. The van der Waals surface area contributed by atoms with Crippen molar-refractivity contribution in [3.8, 4) is 11.3 Å². The first-order valence-corrected chi connectivity index (χ1v) is 8.30. The van der Waals surface area contributed by atoms with Crippen LogP contribution in [0.2, 0.25) is 0 Å². The lowest BCUT2D eigenvalue weighted by molar-refractivity contribution is -0.137. The minimum absolute atomic E-state index is 0.313. The molecule has 1 aromatic heterocycles. The highest BCUT2D eigenvalue weighted by molar-refractivity contribution is 7.12. The normalized spacial score (nSPS) is 16.7. The minimum Gasteiger partial charge on any atom is -0.298 e. The van der Waals surface area contributed by atoms with Gasteiger partial charge in [-0.25, -0.2) is 9.37 Å². The third kappa shape index (κ3) is 3.90. The first kappa shape index (κ1) is 16.4. The monoisotopic (exact) mass is 344 g/mol. The summed E-state index contributed by atoms with van der Waals surface area (Å²) in [4.78, 5) is 6.54. The molecule has 0 aliphatic carbocycles. The Labute approximate surface area is 135 Å². The number of halogens is 4. The maximum atomic E-state index is 13.1. The van der Waals surface area contributed by atoms with Gasteiger partial charge in [0, 0.05) is 17.0 Å². The fraction of sp³-hybridized carbons (Fsp3) is 0.438. The van der Waals surface area contributed by atoms with E-state index in [0.717, 1.165) is 32.4 Å². The Kier molecular flexibility index (Phi) is 4.68. The first-order valence-electron chi connectivity index (χ1n) is 7.48. The van der Waals surface area contributed by atoms with Crippen LogP contribution in [0.5, 0.6) is 0 Å². The van der Waals surface area contributed by atoms with Crippen LogP contribution in [-0.2, 0) is 12.7 Å². The van der Waals surface area contributed by atoms with Gasteiger partial charge in [-0.2, -0.15) is 13.2 Å². The second-order valence-electron chi connectivity index (χ2n) is 5.63. The predicted molar refractivity (Wildman–Crippen MR) is 81.6 cm³/mol. The van der Waals surface area contributed by atoms with Gasteiger partial charge >= 0.3 is 6.18 Å². The Balaban J connectivity index is 1.94. The van der Waals surface area contributed by atoms with E-state index in [1.165, 1.54) is 24.3 Å². The Hall–Kier alpha value is -1.47. The summed E-state index contributed by atoms with van der Waals surface area (Å²) in [6.45, 7) is 2.24. The molecule has 23 heavy (non-hydrogen) atoms. The van der Waals surface area contributed by atoms with Crippen LogP contribution in [0.15, 0.2) is 24.3 Å². The van der Waals surface area contributed by atoms with Crippen LogP contribution in [0.1, 0.15) is 29.1 Å². The molecule has 0 unspecified atom stereocenters. The first-order chi connectivity index (χ1) is 10.9. The Morgan fingerprint density at radius 1 is 1.04 bits per heavy atom. The third-order valence-electron chi connectivity index (χ3n) is 3.87. The zero-order valence-corrected chi connectivity index (χ0v) is 13.2. The Bertz CT molecular complexity index is 658. The molecule has 3 rings (SSSR count). The van der Waals surface area contributed by atoms with Crippen LogP contribution in [0.4, 0.5) is 17.6 Å². The molecule has 7 heteroatoms. The average molecular weight is 344 g/mol. The van der Waals surface area contributed by atoms with E-state index >= 15 is 0 Å². The molecule has 0 saturated carbocycles. The summed E-state index contributed by atoms with van der Waals surface area (Å²) in [5.74, 6) is -0.419. The molecule has 1 fully saturated rings. The van der Waals surface area contributed by atoms with Gasteiger partial charge in [0.1, 0.15) is 5.82 Å². The summed E-state index contributed by atoms with van der Waals surface area (Å²) < 4.78 is 52.1. The lowest BCUT2D eigenvalue weighted by atomic mass is 10.1. The van der Waals surface area contributed by atoms with Gasteiger partial charge < -0.3 is 0 Å². The molecular weight excluding hydrogens is 328 g/mol. The van der Waals surface area contributed by atoms with Crippen molar-refractivity contribution >= 4 is 11.3 Å². The van der Waals surface area contributed by atoms with Gasteiger partial charge in [0.15, 0.2) is 5.01 Å². The highest BCUT2D eigenvalue weighted by atomic mass is 32.1. The van der Waals surface area contributed by atoms with Gasteiger partial charge in [-0.1, -0.05) is 6.42 Å². The van der Waals surface area contributed by atoms with Gasteiger partial charge in [-0.05, 0) is 50.2 Å². The summed E-state index contributed by atoms with van der Waals surface area (Å²) in [5.41, 5.74) is 0.832. The second-order valence-corrected chi connectivity index (χ2v) is 6.72. The van der Waals surface area contributed by atoms with Gasteiger partial charge in [0.25, 0.3) is 0 Å². The minimum atomic E-state index is -4.46. The van der Waals surface area contributed by atoms with E-state index in [-0.39, 0.29) is 0 Å². The van der Waals surface area contributed by atoms with Crippen LogP contribution >= 0.6 is 11.3 Å². The molecule has 1 aromatic carbocycles. The highest BCUT2D eigenvalue weighted by Gasteiger charge is 2.36. The van der Waals surface area contributed by atoms with Crippen molar-refractivity contribution in [2.45, 2.75) is 32.0 Å².